The van der Waals surface area contributed by atoms with Crippen LogP contribution >= 0.6 is 0 Å². The smallest absolute Gasteiger partial charge is 0.267 e. The zero-order chi connectivity index (χ0) is 22.5. The van der Waals surface area contributed by atoms with Crippen molar-refractivity contribution in [3.63, 3.8) is 0 Å². The standard InChI is InChI=1S/C25H27N5O2/c1-29-14-6-9-23(29)24(31)26-13-12-21(15-18-7-4-3-5-8-18)30(2)25(32)19-10-11-22-20(16-19)17-27-28-22/h3-11,14,16-17,21H,12-13,15H2,1-2H3,(H,26,31)(H,27,28). The second-order valence-corrected chi connectivity index (χ2v) is 7.98. The van der Waals surface area contributed by atoms with Gasteiger partial charge in [-0.05, 0) is 48.7 Å². The normalized spacial score (nSPS) is 11.9. The molecule has 2 aromatic heterocycles. The van der Waals surface area contributed by atoms with Crippen LogP contribution in [0.25, 0.3) is 10.9 Å². The van der Waals surface area contributed by atoms with Crippen molar-refractivity contribution in [1.82, 2.24) is 25.0 Å². The second kappa shape index (κ2) is 9.51. The van der Waals surface area contributed by atoms with Crippen LogP contribution in [0.1, 0.15) is 32.8 Å². The molecule has 7 nitrogen and oxygen atoms in total. The highest BCUT2D eigenvalue weighted by Crippen LogP contribution is 2.18. The Morgan fingerprint density at radius 1 is 1.12 bits per heavy atom. The summed E-state index contributed by atoms with van der Waals surface area (Å²) in [5.74, 6) is -0.168. The first-order chi connectivity index (χ1) is 15.5. The predicted octanol–water partition coefficient (Wildman–Crippen LogP) is 3.40. The molecule has 1 atom stereocenters. The number of fused-ring (bicyclic) bond motifs is 1. The minimum absolute atomic E-state index is 0.0530. The molecular formula is C25H27N5O2. The van der Waals surface area contributed by atoms with Gasteiger partial charge < -0.3 is 14.8 Å². The Morgan fingerprint density at radius 2 is 1.94 bits per heavy atom. The zero-order valence-electron chi connectivity index (χ0n) is 18.3. The van der Waals surface area contributed by atoms with Gasteiger partial charge in [0.1, 0.15) is 5.69 Å². The zero-order valence-corrected chi connectivity index (χ0v) is 18.3. The molecule has 0 radical (unpaired) electrons. The Morgan fingerprint density at radius 3 is 2.69 bits per heavy atom. The van der Waals surface area contributed by atoms with Crippen molar-refractivity contribution in [3.05, 3.63) is 89.9 Å². The number of amides is 2. The number of aromatic amines is 1. The van der Waals surface area contributed by atoms with Crippen molar-refractivity contribution in [3.8, 4) is 0 Å². The van der Waals surface area contributed by atoms with Gasteiger partial charge in [-0.1, -0.05) is 30.3 Å². The Bertz CT molecular complexity index is 1210. The van der Waals surface area contributed by atoms with E-state index in [1.54, 1.807) is 21.7 Å². The van der Waals surface area contributed by atoms with Crippen LogP contribution < -0.4 is 5.32 Å². The van der Waals surface area contributed by atoms with Crippen LogP contribution in [0, 0.1) is 0 Å². The number of H-pyrrole nitrogens is 1. The van der Waals surface area contributed by atoms with E-state index in [-0.39, 0.29) is 17.9 Å². The summed E-state index contributed by atoms with van der Waals surface area (Å²) in [6, 6.07) is 19.2. The lowest BCUT2D eigenvalue weighted by Crippen LogP contribution is -2.41. The third-order valence-electron chi connectivity index (χ3n) is 5.81. The number of hydrogen-bond donors (Lipinski definition) is 2. The molecule has 164 valence electrons. The summed E-state index contributed by atoms with van der Waals surface area (Å²) in [5.41, 5.74) is 3.28. The number of carbonyl (C=O) groups excluding carboxylic acids is 2. The number of aromatic nitrogens is 3. The molecule has 0 saturated carbocycles. The fourth-order valence-electron chi connectivity index (χ4n) is 3.90. The van der Waals surface area contributed by atoms with Crippen LogP contribution in [-0.2, 0) is 13.5 Å². The number of benzene rings is 2. The van der Waals surface area contributed by atoms with E-state index >= 15 is 0 Å². The largest absolute Gasteiger partial charge is 0.351 e. The number of aryl methyl sites for hydroxylation is 1. The molecule has 2 N–H and O–H groups in total. The average molecular weight is 430 g/mol. The SMILES string of the molecule is CN(C(=O)c1ccc2[nH]ncc2c1)C(CCNC(=O)c1cccn1C)Cc1ccccc1. The van der Waals surface area contributed by atoms with Gasteiger partial charge in [-0.15, -0.1) is 0 Å². The van der Waals surface area contributed by atoms with Crippen molar-refractivity contribution in [1.29, 1.82) is 0 Å². The lowest BCUT2D eigenvalue weighted by atomic mass is 10.0. The van der Waals surface area contributed by atoms with E-state index in [1.807, 2.05) is 62.8 Å². The first-order valence-corrected chi connectivity index (χ1v) is 10.7. The van der Waals surface area contributed by atoms with Gasteiger partial charge >= 0.3 is 0 Å². The molecule has 0 spiro atoms. The maximum atomic E-state index is 13.3. The van der Waals surface area contributed by atoms with Crippen molar-refractivity contribution in [2.45, 2.75) is 18.9 Å². The lowest BCUT2D eigenvalue weighted by molar-refractivity contribution is 0.0723. The topological polar surface area (TPSA) is 83.0 Å². The van der Waals surface area contributed by atoms with Crippen molar-refractivity contribution < 1.29 is 9.59 Å². The second-order valence-electron chi connectivity index (χ2n) is 7.98. The molecule has 0 saturated heterocycles. The van der Waals surface area contributed by atoms with E-state index in [1.165, 1.54) is 0 Å². The first-order valence-electron chi connectivity index (χ1n) is 10.7. The fourth-order valence-corrected chi connectivity index (χ4v) is 3.90. The summed E-state index contributed by atoms with van der Waals surface area (Å²) < 4.78 is 1.79. The summed E-state index contributed by atoms with van der Waals surface area (Å²) in [7, 11) is 3.67. The third kappa shape index (κ3) is 4.72. The number of hydrogen-bond acceptors (Lipinski definition) is 3. The van der Waals surface area contributed by atoms with E-state index in [2.05, 4.69) is 27.6 Å². The van der Waals surface area contributed by atoms with E-state index < -0.39 is 0 Å². The van der Waals surface area contributed by atoms with Gasteiger partial charge in [0.2, 0.25) is 0 Å². The molecule has 0 bridgehead atoms. The van der Waals surface area contributed by atoms with Crippen LogP contribution in [0.15, 0.2) is 73.1 Å². The molecular weight excluding hydrogens is 402 g/mol. The Hall–Kier alpha value is -3.87. The van der Waals surface area contributed by atoms with Gasteiger partial charge in [0, 0.05) is 43.8 Å². The number of carbonyl (C=O) groups is 2. The van der Waals surface area contributed by atoms with Crippen molar-refractivity contribution in [2.24, 2.45) is 7.05 Å². The van der Waals surface area contributed by atoms with Gasteiger partial charge in [0.25, 0.3) is 11.8 Å². The van der Waals surface area contributed by atoms with Crippen LogP contribution in [-0.4, -0.2) is 51.1 Å². The van der Waals surface area contributed by atoms with Crippen LogP contribution in [0.3, 0.4) is 0 Å². The van der Waals surface area contributed by atoms with E-state index in [4.69, 9.17) is 0 Å². The first kappa shape index (κ1) is 21.4. The molecule has 4 rings (SSSR count). The Kier molecular flexibility index (Phi) is 6.35. The van der Waals surface area contributed by atoms with Crippen LogP contribution in [0.2, 0.25) is 0 Å². The van der Waals surface area contributed by atoms with E-state index in [9.17, 15) is 9.59 Å². The Labute approximate surface area is 187 Å². The van der Waals surface area contributed by atoms with Gasteiger partial charge in [-0.2, -0.15) is 5.10 Å². The maximum Gasteiger partial charge on any atom is 0.267 e. The molecule has 32 heavy (non-hydrogen) atoms. The van der Waals surface area contributed by atoms with Crippen molar-refractivity contribution in [2.75, 3.05) is 13.6 Å². The van der Waals surface area contributed by atoms with Crippen LogP contribution in [0.4, 0.5) is 0 Å². The average Bonchev–Trinajstić information content (AvgIpc) is 3.46. The van der Waals surface area contributed by atoms with Gasteiger partial charge in [-0.3, -0.25) is 14.7 Å². The summed E-state index contributed by atoms with van der Waals surface area (Å²) >= 11 is 0. The van der Waals surface area contributed by atoms with E-state index in [0.717, 1.165) is 16.5 Å². The minimum Gasteiger partial charge on any atom is -0.351 e. The molecule has 0 aliphatic carbocycles. The highest BCUT2D eigenvalue weighted by molar-refractivity contribution is 5.98. The summed E-state index contributed by atoms with van der Waals surface area (Å²) in [5, 5.41) is 10.8. The predicted molar refractivity (Wildman–Crippen MR) is 124 cm³/mol. The highest BCUT2D eigenvalue weighted by Gasteiger charge is 2.22. The molecule has 2 amide bonds. The van der Waals surface area contributed by atoms with Gasteiger partial charge in [0.15, 0.2) is 0 Å². The highest BCUT2D eigenvalue weighted by atomic mass is 16.2. The number of nitrogens with one attached hydrogen (secondary N) is 2. The molecule has 2 heterocycles. The van der Waals surface area contributed by atoms with E-state index in [0.29, 0.717) is 30.6 Å². The molecule has 0 aliphatic rings. The van der Waals surface area contributed by atoms with Gasteiger partial charge in [-0.25, -0.2) is 0 Å². The van der Waals surface area contributed by atoms with Gasteiger partial charge in [0.05, 0.1) is 11.7 Å². The quantitative estimate of drug-likeness (QED) is 0.450. The Balaban J connectivity index is 1.48. The molecule has 2 aromatic carbocycles. The van der Waals surface area contributed by atoms with Crippen molar-refractivity contribution >= 4 is 22.7 Å². The summed E-state index contributed by atoms with van der Waals surface area (Å²) in [6.45, 7) is 0.472. The molecule has 1 unspecified atom stereocenters. The fraction of sp³-hybridized carbons (Fsp3) is 0.240. The monoisotopic (exact) mass is 429 g/mol. The summed E-state index contributed by atoms with van der Waals surface area (Å²) in [4.78, 5) is 27.5. The number of rotatable bonds is 8. The number of likely N-dealkylation sites (N-methyl/N-ethyl adjacent to an activating group) is 1. The van der Waals surface area contributed by atoms with Crippen LogP contribution in [0.5, 0.6) is 0 Å². The lowest BCUT2D eigenvalue weighted by Gasteiger charge is -2.29. The molecule has 7 heteroatoms. The summed E-state index contributed by atoms with van der Waals surface area (Å²) in [6.07, 6.45) is 4.90. The molecule has 0 aliphatic heterocycles. The number of nitrogens with zero attached hydrogens (tertiary/aromatic N) is 3. The minimum atomic E-state index is -0.115. The third-order valence-corrected chi connectivity index (χ3v) is 5.81. The maximum absolute atomic E-state index is 13.3. The molecule has 4 aromatic rings. The molecule has 0 fully saturated rings.